The van der Waals surface area contributed by atoms with Crippen molar-refractivity contribution < 1.29 is 13.2 Å². The van der Waals surface area contributed by atoms with Crippen molar-refractivity contribution in [3.63, 3.8) is 0 Å². The Morgan fingerprint density at radius 1 is 1.28 bits per heavy atom. The van der Waals surface area contributed by atoms with Gasteiger partial charge in [-0.05, 0) is 35.8 Å². The standard InChI is InChI=1S/C13H18F3NS/c1-9(2)5-6-18-12-7-11(13(14,15)16)4-3-10(12)8-17/h3-4,7,9H,5-6,8,17H2,1-2H3. The normalized spacial score (nSPS) is 12.2. The van der Waals surface area contributed by atoms with Gasteiger partial charge >= 0.3 is 6.18 Å². The fourth-order valence-corrected chi connectivity index (χ4v) is 2.79. The number of hydrogen-bond acceptors (Lipinski definition) is 2. The Labute approximate surface area is 110 Å². The van der Waals surface area contributed by atoms with E-state index in [1.54, 1.807) is 0 Å². The molecule has 102 valence electrons. The largest absolute Gasteiger partial charge is 0.416 e. The maximum Gasteiger partial charge on any atom is 0.416 e. The Kier molecular flexibility index (Phi) is 5.53. The molecule has 18 heavy (non-hydrogen) atoms. The van der Waals surface area contributed by atoms with Crippen LogP contribution in [0.1, 0.15) is 31.4 Å². The number of halogens is 3. The van der Waals surface area contributed by atoms with E-state index in [1.165, 1.54) is 23.9 Å². The molecule has 0 heterocycles. The first-order valence-electron chi connectivity index (χ1n) is 5.87. The van der Waals surface area contributed by atoms with E-state index in [0.29, 0.717) is 10.8 Å². The molecule has 1 nitrogen and oxygen atoms in total. The van der Waals surface area contributed by atoms with Crippen LogP contribution in [0.4, 0.5) is 13.2 Å². The molecule has 1 rings (SSSR count). The van der Waals surface area contributed by atoms with Crippen LogP contribution in [0.25, 0.3) is 0 Å². The van der Waals surface area contributed by atoms with Crippen molar-refractivity contribution >= 4 is 11.8 Å². The van der Waals surface area contributed by atoms with Crippen LogP contribution in [0.15, 0.2) is 23.1 Å². The molecule has 0 amide bonds. The molecule has 0 aliphatic heterocycles. The predicted molar refractivity (Wildman–Crippen MR) is 69.5 cm³/mol. The molecule has 5 heteroatoms. The Balaban J connectivity index is 2.86. The van der Waals surface area contributed by atoms with Crippen LogP contribution in [0.2, 0.25) is 0 Å². The topological polar surface area (TPSA) is 26.0 Å². The molecule has 1 aromatic carbocycles. The fraction of sp³-hybridized carbons (Fsp3) is 0.538. The van der Waals surface area contributed by atoms with Crippen molar-refractivity contribution in [2.45, 2.75) is 37.9 Å². The van der Waals surface area contributed by atoms with E-state index in [1.807, 2.05) is 0 Å². The molecule has 1 aromatic rings. The molecule has 0 atom stereocenters. The van der Waals surface area contributed by atoms with Crippen LogP contribution < -0.4 is 5.73 Å². The second kappa shape index (κ2) is 6.48. The minimum Gasteiger partial charge on any atom is -0.326 e. The Hall–Kier alpha value is -0.680. The summed E-state index contributed by atoms with van der Waals surface area (Å²) in [6.45, 7) is 4.45. The molecular formula is C13H18F3NS. The summed E-state index contributed by atoms with van der Waals surface area (Å²) < 4.78 is 37.8. The average Bonchev–Trinajstić information content (AvgIpc) is 2.27. The Morgan fingerprint density at radius 3 is 2.44 bits per heavy atom. The van der Waals surface area contributed by atoms with E-state index in [2.05, 4.69) is 13.8 Å². The third kappa shape index (κ3) is 4.53. The number of rotatable bonds is 5. The monoisotopic (exact) mass is 277 g/mol. The Bertz CT molecular complexity index is 388. The predicted octanol–water partition coefficient (Wildman–Crippen LogP) is 4.30. The lowest BCUT2D eigenvalue weighted by Gasteiger charge is -2.12. The highest BCUT2D eigenvalue weighted by Crippen LogP contribution is 2.34. The van der Waals surface area contributed by atoms with Gasteiger partial charge < -0.3 is 5.73 Å². The first-order chi connectivity index (χ1) is 8.34. The number of thioether (sulfide) groups is 1. The lowest BCUT2D eigenvalue weighted by Crippen LogP contribution is -2.07. The maximum atomic E-state index is 12.6. The van der Waals surface area contributed by atoms with E-state index in [-0.39, 0.29) is 6.54 Å². The van der Waals surface area contributed by atoms with Crippen LogP contribution in [-0.2, 0) is 12.7 Å². The third-order valence-electron chi connectivity index (χ3n) is 2.57. The Morgan fingerprint density at radius 2 is 1.94 bits per heavy atom. The molecule has 0 aliphatic carbocycles. The van der Waals surface area contributed by atoms with Crippen molar-refractivity contribution in [3.8, 4) is 0 Å². The van der Waals surface area contributed by atoms with Gasteiger partial charge in [-0.1, -0.05) is 19.9 Å². The molecule has 0 aliphatic rings. The first-order valence-corrected chi connectivity index (χ1v) is 6.86. The maximum absolute atomic E-state index is 12.6. The summed E-state index contributed by atoms with van der Waals surface area (Å²) in [6, 6.07) is 3.77. The highest BCUT2D eigenvalue weighted by atomic mass is 32.2. The highest BCUT2D eigenvalue weighted by molar-refractivity contribution is 7.99. The molecule has 0 bridgehead atoms. The number of nitrogens with two attached hydrogens (primary N) is 1. The minimum atomic E-state index is -4.29. The second-order valence-electron chi connectivity index (χ2n) is 4.56. The number of hydrogen-bond donors (Lipinski definition) is 1. The lowest BCUT2D eigenvalue weighted by molar-refractivity contribution is -0.137. The van der Waals surface area contributed by atoms with Crippen molar-refractivity contribution in [2.75, 3.05) is 5.75 Å². The summed E-state index contributed by atoms with van der Waals surface area (Å²) in [4.78, 5) is 0.646. The van der Waals surface area contributed by atoms with Crippen molar-refractivity contribution in [1.29, 1.82) is 0 Å². The van der Waals surface area contributed by atoms with Gasteiger partial charge in [-0.25, -0.2) is 0 Å². The molecule has 0 saturated carbocycles. The van der Waals surface area contributed by atoms with Crippen molar-refractivity contribution in [3.05, 3.63) is 29.3 Å². The third-order valence-corrected chi connectivity index (χ3v) is 3.70. The number of benzene rings is 1. The van der Waals surface area contributed by atoms with Gasteiger partial charge in [0.25, 0.3) is 0 Å². The van der Waals surface area contributed by atoms with Crippen molar-refractivity contribution in [1.82, 2.24) is 0 Å². The second-order valence-corrected chi connectivity index (χ2v) is 5.69. The van der Waals surface area contributed by atoms with Gasteiger partial charge in [-0.3, -0.25) is 0 Å². The molecule has 0 radical (unpaired) electrons. The van der Waals surface area contributed by atoms with E-state index >= 15 is 0 Å². The minimum absolute atomic E-state index is 0.266. The van der Waals surface area contributed by atoms with Gasteiger partial charge in [0, 0.05) is 11.4 Å². The SMILES string of the molecule is CC(C)CCSc1cc(C(F)(F)F)ccc1CN. The molecule has 0 saturated heterocycles. The molecule has 0 aromatic heterocycles. The molecule has 0 unspecified atom stereocenters. The van der Waals surface area contributed by atoms with Crippen LogP contribution in [0.5, 0.6) is 0 Å². The first kappa shape index (κ1) is 15.4. The molecule has 0 fully saturated rings. The number of alkyl halides is 3. The summed E-state index contributed by atoms with van der Waals surface area (Å²) in [7, 11) is 0. The lowest BCUT2D eigenvalue weighted by atomic mass is 10.1. The fourth-order valence-electron chi connectivity index (χ4n) is 1.44. The van der Waals surface area contributed by atoms with E-state index in [0.717, 1.165) is 23.8 Å². The zero-order chi connectivity index (χ0) is 13.8. The zero-order valence-electron chi connectivity index (χ0n) is 10.6. The van der Waals surface area contributed by atoms with Crippen LogP contribution >= 0.6 is 11.8 Å². The smallest absolute Gasteiger partial charge is 0.326 e. The van der Waals surface area contributed by atoms with Gasteiger partial charge in [0.1, 0.15) is 0 Å². The van der Waals surface area contributed by atoms with Gasteiger partial charge in [0.05, 0.1) is 5.56 Å². The quantitative estimate of drug-likeness (QED) is 0.812. The van der Waals surface area contributed by atoms with E-state index in [4.69, 9.17) is 5.73 Å². The summed E-state index contributed by atoms with van der Waals surface area (Å²) in [5.74, 6) is 1.36. The van der Waals surface area contributed by atoms with Crippen LogP contribution in [-0.4, -0.2) is 5.75 Å². The highest BCUT2D eigenvalue weighted by Gasteiger charge is 2.30. The average molecular weight is 277 g/mol. The van der Waals surface area contributed by atoms with Crippen LogP contribution in [0.3, 0.4) is 0 Å². The summed E-state index contributed by atoms with van der Waals surface area (Å²) in [5, 5.41) is 0. The van der Waals surface area contributed by atoms with Crippen molar-refractivity contribution in [2.24, 2.45) is 11.7 Å². The zero-order valence-corrected chi connectivity index (χ0v) is 11.4. The molecule has 2 N–H and O–H groups in total. The summed E-state index contributed by atoms with van der Waals surface area (Å²) in [5.41, 5.74) is 5.72. The van der Waals surface area contributed by atoms with Gasteiger partial charge in [-0.15, -0.1) is 11.8 Å². The van der Waals surface area contributed by atoms with Crippen LogP contribution in [0, 0.1) is 5.92 Å². The van der Waals surface area contributed by atoms with E-state index < -0.39 is 11.7 Å². The molecule has 0 spiro atoms. The molecular weight excluding hydrogens is 259 g/mol. The summed E-state index contributed by atoms with van der Waals surface area (Å²) >= 11 is 1.45. The van der Waals surface area contributed by atoms with Gasteiger partial charge in [-0.2, -0.15) is 13.2 Å². The van der Waals surface area contributed by atoms with Gasteiger partial charge in [0.2, 0.25) is 0 Å². The summed E-state index contributed by atoms with van der Waals surface area (Å²) in [6.07, 6.45) is -3.31. The van der Waals surface area contributed by atoms with E-state index in [9.17, 15) is 13.2 Å². The van der Waals surface area contributed by atoms with Gasteiger partial charge in [0.15, 0.2) is 0 Å².